The lowest BCUT2D eigenvalue weighted by Gasteiger charge is -2.25. The molecular weight excluding hydrogens is 534 g/mol. The summed E-state index contributed by atoms with van der Waals surface area (Å²) in [4.78, 5) is 25.2. The van der Waals surface area contributed by atoms with E-state index < -0.39 is 57.1 Å². The van der Waals surface area contributed by atoms with E-state index in [4.69, 9.17) is 18.5 Å². The third kappa shape index (κ3) is 6.53. The number of rotatable bonds is 11. The summed E-state index contributed by atoms with van der Waals surface area (Å²) >= 11 is 0. The number of aromatic nitrogens is 4. The zero-order chi connectivity index (χ0) is 28.3. The Kier molecular flexibility index (Phi) is 8.82. The molecule has 13 nitrogen and oxygen atoms in total. The number of carbonyl (C=O) groups excluding carboxylic acids is 1. The summed E-state index contributed by atoms with van der Waals surface area (Å²) in [5.41, 5.74) is 0.714. The number of ether oxygens (including phenoxy) is 2. The van der Waals surface area contributed by atoms with Crippen LogP contribution in [0.15, 0.2) is 36.7 Å². The summed E-state index contributed by atoms with van der Waals surface area (Å²) in [6.07, 6.45) is -5.09. The van der Waals surface area contributed by atoms with Gasteiger partial charge in [-0.15, -0.1) is 0 Å². The van der Waals surface area contributed by atoms with Crippen LogP contribution in [0.25, 0.3) is 11.2 Å². The average molecular weight is 567 g/mol. The number of halogens is 1. The molecule has 0 unspecified atom stereocenters. The van der Waals surface area contributed by atoms with Gasteiger partial charge in [0, 0.05) is 7.05 Å². The summed E-state index contributed by atoms with van der Waals surface area (Å²) in [5.74, 6) is 0.418. The Labute approximate surface area is 224 Å². The molecule has 0 amide bonds. The lowest BCUT2D eigenvalue weighted by molar-refractivity contribution is -0.149. The molecule has 0 saturated carbocycles. The largest absolute Gasteiger partial charge is 0.462 e. The smallest absolute Gasteiger partial charge is 0.459 e. The van der Waals surface area contributed by atoms with Crippen molar-refractivity contribution >= 4 is 30.7 Å². The van der Waals surface area contributed by atoms with E-state index in [0.29, 0.717) is 22.8 Å². The van der Waals surface area contributed by atoms with Crippen molar-refractivity contribution in [3.63, 3.8) is 0 Å². The molecule has 0 radical (unpaired) electrons. The van der Waals surface area contributed by atoms with Crippen molar-refractivity contribution in [3.05, 3.63) is 42.5 Å². The van der Waals surface area contributed by atoms with Crippen LogP contribution in [0.2, 0.25) is 0 Å². The summed E-state index contributed by atoms with van der Waals surface area (Å²) in [6.45, 7) is 5.96. The van der Waals surface area contributed by atoms with E-state index in [0.717, 1.165) is 0 Å². The predicted octanol–water partition coefficient (Wildman–Crippen LogP) is 2.91. The lowest BCUT2D eigenvalue weighted by atomic mass is 10.1. The van der Waals surface area contributed by atoms with Gasteiger partial charge in [0.1, 0.15) is 29.8 Å². The summed E-state index contributed by atoms with van der Waals surface area (Å²) in [7, 11) is -2.57. The summed E-state index contributed by atoms with van der Waals surface area (Å²) < 4.78 is 52.5. The SMILES string of the molecule is CNc1nc(C)nc2c1ncn2[C@@H]1O[C@H](CO[P@@](=O)(N[C@@H](C)C(=O)OC(C)C)Oc2ccccc2)[C@@H](O)[C@@H]1F. The van der Waals surface area contributed by atoms with E-state index in [9.17, 15) is 14.5 Å². The monoisotopic (exact) mass is 566 g/mol. The summed E-state index contributed by atoms with van der Waals surface area (Å²) in [6, 6.07) is 7.11. The van der Waals surface area contributed by atoms with Gasteiger partial charge in [0.15, 0.2) is 29.4 Å². The Hall–Kier alpha value is -3.16. The van der Waals surface area contributed by atoms with Crippen LogP contribution < -0.4 is 14.9 Å². The van der Waals surface area contributed by atoms with Gasteiger partial charge >= 0.3 is 13.7 Å². The van der Waals surface area contributed by atoms with Crippen LogP contribution in [0.4, 0.5) is 10.2 Å². The Morgan fingerprint density at radius 3 is 2.64 bits per heavy atom. The molecule has 1 aliphatic heterocycles. The van der Waals surface area contributed by atoms with Crippen molar-refractivity contribution in [2.24, 2.45) is 0 Å². The third-order valence-corrected chi connectivity index (χ3v) is 7.42. The fourth-order valence-electron chi connectivity index (χ4n) is 3.96. The van der Waals surface area contributed by atoms with Crippen molar-refractivity contribution in [1.82, 2.24) is 24.6 Å². The van der Waals surface area contributed by atoms with Crippen LogP contribution in [-0.2, 0) is 23.4 Å². The second kappa shape index (κ2) is 11.9. The minimum atomic E-state index is -4.24. The van der Waals surface area contributed by atoms with Crippen LogP contribution in [0.5, 0.6) is 5.75 Å². The van der Waals surface area contributed by atoms with E-state index in [1.807, 2.05) is 0 Å². The van der Waals surface area contributed by atoms with Gasteiger partial charge in [0.25, 0.3) is 0 Å². The van der Waals surface area contributed by atoms with Gasteiger partial charge in [-0.05, 0) is 39.8 Å². The molecule has 1 saturated heterocycles. The van der Waals surface area contributed by atoms with E-state index in [2.05, 4.69) is 25.4 Å². The number of benzene rings is 1. The summed E-state index contributed by atoms with van der Waals surface area (Å²) in [5, 5.41) is 16.1. The maximum Gasteiger partial charge on any atom is 0.459 e. The van der Waals surface area contributed by atoms with Crippen molar-refractivity contribution < 1.29 is 37.4 Å². The van der Waals surface area contributed by atoms with Crippen LogP contribution in [0.3, 0.4) is 0 Å². The molecular formula is C24H32FN6O7P. The number of fused-ring (bicyclic) bond motifs is 1. The number of aliphatic hydroxyl groups is 1. The van der Waals surface area contributed by atoms with Crippen LogP contribution in [0.1, 0.15) is 32.8 Å². The van der Waals surface area contributed by atoms with E-state index in [-0.39, 0.29) is 5.75 Å². The number of alkyl halides is 1. The number of imidazole rings is 1. The molecule has 3 N–H and O–H groups in total. The Balaban J connectivity index is 1.52. The highest BCUT2D eigenvalue weighted by Crippen LogP contribution is 2.46. The quantitative estimate of drug-likeness (QED) is 0.230. The zero-order valence-corrected chi connectivity index (χ0v) is 23.0. The molecule has 39 heavy (non-hydrogen) atoms. The number of hydrogen-bond donors (Lipinski definition) is 3. The first-order valence-corrected chi connectivity index (χ1v) is 13.9. The predicted molar refractivity (Wildman–Crippen MR) is 139 cm³/mol. The Bertz CT molecular complexity index is 1340. The maximum absolute atomic E-state index is 15.3. The lowest BCUT2D eigenvalue weighted by Crippen LogP contribution is -2.37. The topological polar surface area (TPSA) is 159 Å². The van der Waals surface area contributed by atoms with Gasteiger partial charge in [-0.1, -0.05) is 18.2 Å². The van der Waals surface area contributed by atoms with Crippen molar-refractivity contribution in [3.8, 4) is 5.75 Å². The van der Waals surface area contributed by atoms with E-state index >= 15 is 4.39 Å². The van der Waals surface area contributed by atoms with Gasteiger partial charge in [-0.2, -0.15) is 5.09 Å². The number of nitrogens with zero attached hydrogens (tertiary/aromatic N) is 4. The van der Waals surface area contributed by atoms with Crippen molar-refractivity contribution in [2.45, 2.75) is 64.4 Å². The Morgan fingerprint density at radius 2 is 1.97 bits per heavy atom. The van der Waals surface area contributed by atoms with Crippen molar-refractivity contribution in [1.29, 1.82) is 0 Å². The second-order valence-electron chi connectivity index (χ2n) is 9.23. The molecule has 3 aromatic rings. The maximum atomic E-state index is 15.3. The fraction of sp³-hybridized carbons (Fsp3) is 0.500. The average Bonchev–Trinajstić information content (AvgIpc) is 3.42. The number of nitrogens with one attached hydrogen (secondary N) is 2. The normalized spacial score (nSPS) is 23.5. The van der Waals surface area contributed by atoms with Crippen molar-refractivity contribution in [2.75, 3.05) is 19.0 Å². The van der Waals surface area contributed by atoms with Crippen LogP contribution in [-0.4, -0.2) is 74.8 Å². The molecule has 212 valence electrons. The number of aliphatic hydroxyl groups excluding tert-OH is 1. The molecule has 1 aliphatic rings. The molecule has 0 bridgehead atoms. The standard InChI is InChI=1S/C24H32FN6O7P/c1-13(2)36-24(33)14(3)30-39(34,38-16-9-7-6-8-10-16)35-11-17-20(32)18(25)23(37-17)31-12-27-19-21(26-5)28-15(4)29-22(19)31/h6-10,12-14,17-18,20,23,32H,11H2,1-5H3,(H,30,34)(H,26,28,29)/t14-,17+,18-,20+,23+,39-/m0/s1. The van der Waals surface area contributed by atoms with Gasteiger partial charge < -0.3 is 24.4 Å². The number of anilines is 1. The molecule has 1 fully saturated rings. The molecule has 0 spiro atoms. The highest BCUT2D eigenvalue weighted by Gasteiger charge is 2.47. The van der Waals surface area contributed by atoms with E-state index in [1.54, 1.807) is 58.2 Å². The molecule has 2 aromatic heterocycles. The van der Waals surface area contributed by atoms with Gasteiger partial charge in [0.2, 0.25) is 0 Å². The second-order valence-corrected chi connectivity index (χ2v) is 10.9. The minimum Gasteiger partial charge on any atom is -0.462 e. The first-order valence-electron chi connectivity index (χ1n) is 12.4. The van der Waals surface area contributed by atoms with Gasteiger partial charge in [-0.3, -0.25) is 13.9 Å². The highest BCUT2D eigenvalue weighted by molar-refractivity contribution is 7.52. The number of carbonyl (C=O) groups is 1. The number of esters is 1. The number of para-hydroxylation sites is 1. The number of hydrogen-bond acceptors (Lipinski definition) is 11. The first kappa shape index (κ1) is 28.8. The Morgan fingerprint density at radius 1 is 1.26 bits per heavy atom. The first-order chi connectivity index (χ1) is 18.5. The fourth-order valence-corrected chi connectivity index (χ4v) is 5.46. The van der Waals surface area contributed by atoms with Gasteiger partial charge in [-0.25, -0.2) is 23.9 Å². The van der Waals surface area contributed by atoms with Gasteiger partial charge in [0.05, 0.1) is 19.0 Å². The number of aryl methyl sites for hydroxylation is 1. The van der Waals surface area contributed by atoms with Crippen LogP contribution in [0, 0.1) is 6.92 Å². The molecule has 15 heteroatoms. The molecule has 0 aliphatic carbocycles. The third-order valence-electron chi connectivity index (χ3n) is 5.77. The molecule has 4 rings (SSSR count). The molecule has 3 heterocycles. The molecule has 1 aromatic carbocycles. The zero-order valence-electron chi connectivity index (χ0n) is 22.1. The molecule has 6 atom stereocenters. The van der Waals surface area contributed by atoms with Crippen LogP contribution >= 0.6 is 7.75 Å². The minimum absolute atomic E-state index is 0.201. The van der Waals surface area contributed by atoms with E-state index in [1.165, 1.54) is 17.8 Å². The highest BCUT2D eigenvalue weighted by atomic mass is 31.2.